The number of hydrogen-bond donors (Lipinski definition) is 2. The Bertz CT molecular complexity index is 1000. The molecule has 0 bridgehead atoms. The number of aromatic nitrogens is 4. The molecule has 2 aromatic heterocycles. The lowest BCUT2D eigenvalue weighted by Crippen LogP contribution is -2.40. The minimum Gasteiger partial charge on any atom is -0.356 e. The first kappa shape index (κ1) is 24.6. The number of nitrogens with one attached hydrogen (secondary N) is 2. The first-order chi connectivity index (χ1) is 16.2. The van der Waals surface area contributed by atoms with E-state index in [2.05, 4.69) is 77.8 Å². The van der Waals surface area contributed by atoms with Gasteiger partial charge in [0.25, 0.3) is 0 Å². The van der Waals surface area contributed by atoms with Crippen LogP contribution in [0.3, 0.4) is 0 Å². The third-order valence-electron chi connectivity index (χ3n) is 7.52. The van der Waals surface area contributed by atoms with Crippen molar-refractivity contribution in [2.45, 2.75) is 97.1 Å². The van der Waals surface area contributed by atoms with Gasteiger partial charge in [-0.25, -0.2) is 15.0 Å². The second-order valence-corrected chi connectivity index (χ2v) is 10.9. The highest BCUT2D eigenvalue weighted by Crippen LogP contribution is 2.38. The monoisotopic (exact) mass is 467 g/mol. The van der Waals surface area contributed by atoms with Gasteiger partial charge >= 0.3 is 0 Å². The van der Waals surface area contributed by atoms with Gasteiger partial charge in [-0.2, -0.15) is 0 Å². The molecule has 0 aromatic carbocycles. The maximum Gasteiger partial charge on any atom is 0.226 e. The maximum absolute atomic E-state index is 12.0. The molecule has 4 rings (SSSR count). The van der Waals surface area contributed by atoms with Crippen molar-refractivity contribution >= 4 is 17.5 Å². The number of rotatable bonds is 8. The van der Waals surface area contributed by atoms with E-state index in [1.54, 1.807) is 6.33 Å². The highest BCUT2D eigenvalue weighted by atomic mass is 16.1. The zero-order valence-electron chi connectivity index (χ0n) is 21.7. The quantitative estimate of drug-likeness (QED) is 0.598. The Balaban J connectivity index is 1.47. The van der Waals surface area contributed by atoms with E-state index < -0.39 is 0 Å². The first-order valence-corrected chi connectivity index (χ1v) is 12.9. The molecular weight excluding hydrogens is 426 g/mol. The van der Waals surface area contributed by atoms with Gasteiger partial charge in [0.05, 0.1) is 5.69 Å². The SMILES string of the molecule is CCC(C)(C)NCCn1cc(C(C)C)nc1C1CCN(c2ncnc3c2[C@H](C)CC(=O)N3)CC1. The van der Waals surface area contributed by atoms with Crippen LogP contribution >= 0.6 is 0 Å². The van der Waals surface area contributed by atoms with Crippen molar-refractivity contribution in [2.24, 2.45) is 0 Å². The number of carbonyl (C=O) groups is 1. The van der Waals surface area contributed by atoms with Crippen molar-refractivity contribution in [3.8, 4) is 0 Å². The van der Waals surface area contributed by atoms with Crippen molar-refractivity contribution in [2.75, 3.05) is 29.9 Å². The summed E-state index contributed by atoms with van der Waals surface area (Å²) in [6.45, 7) is 17.0. The van der Waals surface area contributed by atoms with Gasteiger partial charge in [0.1, 0.15) is 23.8 Å². The van der Waals surface area contributed by atoms with E-state index in [0.29, 0.717) is 24.1 Å². The molecule has 0 aliphatic carbocycles. The Hall–Kier alpha value is -2.48. The van der Waals surface area contributed by atoms with Gasteiger partial charge in [-0.3, -0.25) is 4.79 Å². The minimum atomic E-state index is 0.0352. The van der Waals surface area contributed by atoms with Crippen LogP contribution in [0.1, 0.15) is 102 Å². The van der Waals surface area contributed by atoms with E-state index in [1.165, 1.54) is 11.5 Å². The van der Waals surface area contributed by atoms with Crippen LogP contribution < -0.4 is 15.5 Å². The summed E-state index contributed by atoms with van der Waals surface area (Å²) in [7, 11) is 0. The number of carbonyl (C=O) groups excluding carboxylic acids is 1. The molecule has 2 aromatic rings. The average molecular weight is 468 g/mol. The van der Waals surface area contributed by atoms with Crippen molar-refractivity contribution in [3.05, 3.63) is 29.6 Å². The van der Waals surface area contributed by atoms with E-state index in [4.69, 9.17) is 4.98 Å². The van der Waals surface area contributed by atoms with Crippen molar-refractivity contribution in [1.29, 1.82) is 0 Å². The lowest BCUT2D eigenvalue weighted by molar-refractivity contribution is -0.116. The van der Waals surface area contributed by atoms with Crippen molar-refractivity contribution in [1.82, 2.24) is 24.8 Å². The number of amides is 1. The van der Waals surface area contributed by atoms with Crippen molar-refractivity contribution < 1.29 is 4.79 Å². The Morgan fingerprint density at radius 1 is 1.24 bits per heavy atom. The zero-order chi connectivity index (χ0) is 24.5. The largest absolute Gasteiger partial charge is 0.356 e. The van der Waals surface area contributed by atoms with Crippen LogP contribution in [0.25, 0.3) is 0 Å². The molecule has 1 saturated heterocycles. The third kappa shape index (κ3) is 5.27. The molecule has 2 N–H and O–H groups in total. The number of anilines is 2. The summed E-state index contributed by atoms with van der Waals surface area (Å²) < 4.78 is 2.39. The molecule has 0 saturated carbocycles. The molecule has 8 nitrogen and oxygen atoms in total. The van der Waals surface area contributed by atoms with Crippen LogP contribution in [0.2, 0.25) is 0 Å². The topological polar surface area (TPSA) is 88.0 Å². The molecular formula is C26H41N7O. The predicted octanol–water partition coefficient (Wildman–Crippen LogP) is 4.40. The number of fused-ring (bicyclic) bond motifs is 1. The van der Waals surface area contributed by atoms with Gasteiger partial charge in [0.15, 0.2) is 0 Å². The lowest BCUT2D eigenvalue weighted by Gasteiger charge is -2.35. The molecule has 1 atom stereocenters. The van der Waals surface area contributed by atoms with E-state index >= 15 is 0 Å². The van der Waals surface area contributed by atoms with Crippen LogP contribution in [0.5, 0.6) is 0 Å². The van der Waals surface area contributed by atoms with Crippen molar-refractivity contribution in [3.63, 3.8) is 0 Å². The predicted molar refractivity (Wildman–Crippen MR) is 137 cm³/mol. The fourth-order valence-corrected chi connectivity index (χ4v) is 4.98. The second-order valence-electron chi connectivity index (χ2n) is 10.9. The van der Waals surface area contributed by atoms with Crippen LogP contribution in [0, 0.1) is 0 Å². The summed E-state index contributed by atoms with van der Waals surface area (Å²) in [5.41, 5.74) is 2.41. The maximum atomic E-state index is 12.0. The molecule has 186 valence electrons. The van der Waals surface area contributed by atoms with E-state index in [0.717, 1.165) is 56.8 Å². The zero-order valence-corrected chi connectivity index (χ0v) is 21.7. The molecule has 2 aliphatic heterocycles. The van der Waals surface area contributed by atoms with Crippen LogP contribution in [0.4, 0.5) is 11.6 Å². The average Bonchev–Trinajstić information content (AvgIpc) is 3.23. The van der Waals surface area contributed by atoms with E-state index in [1.807, 2.05) is 0 Å². The van der Waals surface area contributed by atoms with Gasteiger partial charge in [-0.1, -0.05) is 27.7 Å². The molecule has 0 unspecified atom stereocenters. The van der Waals surface area contributed by atoms with Gasteiger partial charge in [0.2, 0.25) is 5.91 Å². The number of piperidine rings is 1. The van der Waals surface area contributed by atoms with Gasteiger partial charge in [-0.15, -0.1) is 0 Å². The Morgan fingerprint density at radius 2 is 1.97 bits per heavy atom. The summed E-state index contributed by atoms with van der Waals surface area (Å²) in [5.74, 6) is 3.91. The van der Waals surface area contributed by atoms with Gasteiger partial charge in [-0.05, 0) is 44.9 Å². The van der Waals surface area contributed by atoms with E-state index in [-0.39, 0.29) is 17.4 Å². The lowest BCUT2D eigenvalue weighted by atomic mass is 9.92. The van der Waals surface area contributed by atoms with Crippen LogP contribution in [-0.2, 0) is 11.3 Å². The fraction of sp³-hybridized carbons (Fsp3) is 0.692. The highest BCUT2D eigenvalue weighted by Gasteiger charge is 2.31. The number of hydrogen-bond acceptors (Lipinski definition) is 6. The number of nitrogens with zero attached hydrogens (tertiary/aromatic N) is 5. The van der Waals surface area contributed by atoms with Gasteiger partial charge in [0, 0.05) is 55.8 Å². The smallest absolute Gasteiger partial charge is 0.226 e. The standard InChI is InChI=1S/C26H41N7O/c1-7-26(5,6)29-10-13-33-15-20(17(2)3)30-24(33)19-8-11-32(12-9-19)25-22-18(4)14-21(34)31-23(22)27-16-28-25/h15-19,29H,7-14H2,1-6H3,(H,27,28,31,34)/t18-/m1/s1. The molecule has 1 fully saturated rings. The van der Waals surface area contributed by atoms with E-state index in [9.17, 15) is 4.79 Å². The summed E-state index contributed by atoms with van der Waals surface area (Å²) in [6, 6.07) is 0. The summed E-state index contributed by atoms with van der Waals surface area (Å²) in [4.78, 5) is 28.4. The number of imidazole rings is 1. The molecule has 0 spiro atoms. The molecule has 2 aliphatic rings. The Kier molecular flexibility index (Phi) is 7.26. The fourth-order valence-electron chi connectivity index (χ4n) is 4.98. The second kappa shape index (κ2) is 10.0. The molecule has 4 heterocycles. The van der Waals surface area contributed by atoms with Crippen LogP contribution in [-0.4, -0.2) is 50.6 Å². The minimum absolute atomic E-state index is 0.0352. The Labute approximate surface area is 204 Å². The highest BCUT2D eigenvalue weighted by molar-refractivity contribution is 5.94. The summed E-state index contributed by atoms with van der Waals surface area (Å²) in [5, 5.41) is 6.61. The first-order valence-electron chi connectivity index (χ1n) is 12.9. The Morgan fingerprint density at radius 3 is 2.65 bits per heavy atom. The van der Waals surface area contributed by atoms with Gasteiger partial charge < -0.3 is 20.1 Å². The molecule has 0 radical (unpaired) electrons. The summed E-state index contributed by atoms with van der Waals surface area (Å²) >= 11 is 0. The normalized spacial score (nSPS) is 19.4. The third-order valence-corrected chi connectivity index (χ3v) is 7.52. The van der Waals surface area contributed by atoms with Crippen LogP contribution in [0.15, 0.2) is 12.5 Å². The molecule has 8 heteroatoms. The molecule has 34 heavy (non-hydrogen) atoms. The summed E-state index contributed by atoms with van der Waals surface area (Å²) in [6.07, 6.45) is 7.52. The molecule has 1 amide bonds.